The Labute approximate surface area is 78.5 Å². The van der Waals surface area contributed by atoms with Gasteiger partial charge >= 0.3 is 0 Å². The number of halogens is 1. The van der Waals surface area contributed by atoms with Crippen molar-refractivity contribution in [2.24, 2.45) is 0 Å². The third-order valence-electron chi connectivity index (χ3n) is 1.82. The minimum atomic E-state index is -0.310. The van der Waals surface area contributed by atoms with E-state index in [-0.39, 0.29) is 11.7 Å². The first kappa shape index (κ1) is 10.0. The first-order chi connectivity index (χ1) is 6.16. The van der Waals surface area contributed by atoms with Crippen LogP contribution in [0.15, 0.2) is 18.2 Å². The van der Waals surface area contributed by atoms with Crippen molar-refractivity contribution in [2.45, 2.75) is 19.8 Å². The summed E-state index contributed by atoms with van der Waals surface area (Å²) in [6.07, 6.45) is 0. The van der Waals surface area contributed by atoms with Crippen molar-refractivity contribution in [3.63, 3.8) is 0 Å². The summed E-state index contributed by atoms with van der Waals surface area (Å²) in [4.78, 5) is 0. The average Bonchev–Trinajstić information content (AvgIpc) is 2.08. The van der Waals surface area contributed by atoms with Crippen LogP contribution in [0.3, 0.4) is 0 Å². The Kier molecular flexibility index (Phi) is 3.29. The van der Waals surface area contributed by atoms with Gasteiger partial charge in [-0.05, 0) is 25.8 Å². The van der Waals surface area contributed by atoms with Crippen LogP contribution >= 0.6 is 0 Å². The molecule has 0 heterocycles. The fourth-order valence-corrected chi connectivity index (χ4v) is 1.21. The van der Waals surface area contributed by atoms with E-state index in [0.29, 0.717) is 12.4 Å². The number of rotatable bonds is 3. The van der Waals surface area contributed by atoms with Crippen LogP contribution in [0.5, 0.6) is 5.75 Å². The number of hydrogen-bond acceptors (Lipinski definition) is 1. The van der Waals surface area contributed by atoms with Gasteiger partial charge in [0.05, 0.1) is 6.61 Å². The van der Waals surface area contributed by atoms with Crippen LogP contribution in [0.2, 0.25) is 0 Å². The van der Waals surface area contributed by atoms with Crippen molar-refractivity contribution in [3.8, 4) is 5.75 Å². The third-order valence-corrected chi connectivity index (χ3v) is 1.82. The summed E-state index contributed by atoms with van der Waals surface area (Å²) in [5.74, 6) is 0.0691. The maximum atomic E-state index is 13.2. The average molecular weight is 181 g/mol. The highest BCUT2D eigenvalue weighted by molar-refractivity contribution is 5.37. The topological polar surface area (TPSA) is 9.23 Å². The van der Waals surface area contributed by atoms with Crippen molar-refractivity contribution < 1.29 is 9.13 Å². The van der Waals surface area contributed by atoms with E-state index in [4.69, 9.17) is 4.74 Å². The van der Waals surface area contributed by atoms with Crippen molar-refractivity contribution in [2.75, 3.05) is 6.61 Å². The number of hydrogen-bond donors (Lipinski definition) is 0. The lowest BCUT2D eigenvalue weighted by Gasteiger charge is -2.13. The predicted molar refractivity (Wildman–Crippen MR) is 51.3 cm³/mol. The molecule has 2 heteroatoms. The minimum absolute atomic E-state index is 0.0391. The second-order valence-electron chi connectivity index (χ2n) is 2.99. The highest BCUT2D eigenvalue weighted by atomic mass is 19.1. The summed E-state index contributed by atoms with van der Waals surface area (Å²) in [6.45, 7) is 8.07. The Morgan fingerprint density at radius 2 is 2.23 bits per heavy atom. The predicted octanol–water partition coefficient (Wildman–Crippen LogP) is 3.16. The Bertz CT molecular complexity index is 281. The molecular formula is C11H14FO. The second-order valence-corrected chi connectivity index (χ2v) is 2.99. The van der Waals surface area contributed by atoms with Gasteiger partial charge in [-0.1, -0.05) is 19.1 Å². The van der Waals surface area contributed by atoms with Crippen molar-refractivity contribution in [3.05, 3.63) is 36.5 Å². The van der Waals surface area contributed by atoms with E-state index < -0.39 is 0 Å². The maximum Gasteiger partial charge on any atom is 0.165 e. The van der Waals surface area contributed by atoms with Crippen LogP contribution in [0, 0.1) is 12.7 Å². The molecule has 0 spiro atoms. The molecule has 0 bridgehead atoms. The molecular weight excluding hydrogens is 167 g/mol. The van der Waals surface area contributed by atoms with Crippen LogP contribution in [-0.4, -0.2) is 6.61 Å². The van der Waals surface area contributed by atoms with Gasteiger partial charge in [0, 0.05) is 5.56 Å². The van der Waals surface area contributed by atoms with Gasteiger partial charge in [0.1, 0.15) is 0 Å². The monoisotopic (exact) mass is 181 g/mol. The number of benzene rings is 1. The summed E-state index contributed by atoms with van der Waals surface area (Å²) in [5, 5.41) is 0. The van der Waals surface area contributed by atoms with Gasteiger partial charge in [-0.25, -0.2) is 4.39 Å². The SMILES string of the molecule is [CH2]C(C)c1cccc(F)c1OCC. The van der Waals surface area contributed by atoms with E-state index in [0.717, 1.165) is 5.56 Å². The molecule has 0 fully saturated rings. The normalized spacial score (nSPS) is 10.5. The lowest BCUT2D eigenvalue weighted by atomic mass is 10.0. The molecule has 1 rings (SSSR count). The zero-order chi connectivity index (χ0) is 9.84. The van der Waals surface area contributed by atoms with Crippen LogP contribution < -0.4 is 4.74 Å². The fourth-order valence-electron chi connectivity index (χ4n) is 1.21. The molecule has 1 nitrogen and oxygen atoms in total. The van der Waals surface area contributed by atoms with Gasteiger partial charge in [0.25, 0.3) is 0 Å². The van der Waals surface area contributed by atoms with Gasteiger partial charge in [-0.2, -0.15) is 0 Å². The first-order valence-electron chi connectivity index (χ1n) is 4.41. The van der Waals surface area contributed by atoms with Gasteiger partial charge in [0.15, 0.2) is 11.6 Å². The molecule has 13 heavy (non-hydrogen) atoms. The van der Waals surface area contributed by atoms with Crippen molar-refractivity contribution in [1.29, 1.82) is 0 Å². The molecule has 0 N–H and O–H groups in total. The molecule has 1 radical (unpaired) electrons. The van der Waals surface area contributed by atoms with Crippen LogP contribution in [0.4, 0.5) is 4.39 Å². The quantitative estimate of drug-likeness (QED) is 0.696. The molecule has 0 saturated carbocycles. The molecule has 1 aromatic carbocycles. The zero-order valence-corrected chi connectivity index (χ0v) is 8.01. The van der Waals surface area contributed by atoms with Gasteiger partial charge < -0.3 is 4.74 Å². The molecule has 0 saturated heterocycles. The molecule has 1 atom stereocenters. The summed E-state index contributed by atoms with van der Waals surface area (Å²) in [5.41, 5.74) is 0.821. The highest BCUT2D eigenvalue weighted by Gasteiger charge is 2.11. The van der Waals surface area contributed by atoms with E-state index in [1.165, 1.54) is 6.07 Å². The summed E-state index contributed by atoms with van der Waals surface area (Å²) in [6, 6.07) is 4.91. The molecule has 0 aliphatic rings. The first-order valence-corrected chi connectivity index (χ1v) is 4.41. The van der Waals surface area contributed by atoms with Crippen molar-refractivity contribution >= 4 is 0 Å². The maximum absolute atomic E-state index is 13.2. The van der Waals surface area contributed by atoms with Gasteiger partial charge in [-0.3, -0.25) is 0 Å². The number of para-hydroxylation sites is 1. The Hall–Kier alpha value is -1.05. The largest absolute Gasteiger partial charge is 0.491 e. The van der Waals surface area contributed by atoms with Crippen molar-refractivity contribution in [1.82, 2.24) is 0 Å². The number of ether oxygens (including phenoxy) is 1. The van der Waals surface area contributed by atoms with E-state index >= 15 is 0 Å². The van der Waals surface area contributed by atoms with Crippen LogP contribution in [0.1, 0.15) is 25.3 Å². The van der Waals surface area contributed by atoms with Gasteiger partial charge in [0.2, 0.25) is 0 Å². The lowest BCUT2D eigenvalue weighted by Crippen LogP contribution is -2.00. The van der Waals surface area contributed by atoms with E-state index in [9.17, 15) is 4.39 Å². The molecule has 1 unspecified atom stereocenters. The van der Waals surface area contributed by atoms with E-state index in [2.05, 4.69) is 6.92 Å². The molecule has 1 aromatic rings. The Balaban J connectivity index is 3.09. The summed E-state index contributed by atoms with van der Waals surface area (Å²) < 4.78 is 18.5. The Morgan fingerprint density at radius 3 is 2.77 bits per heavy atom. The zero-order valence-electron chi connectivity index (χ0n) is 8.01. The highest BCUT2D eigenvalue weighted by Crippen LogP contribution is 2.28. The van der Waals surface area contributed by atoms with Crippen LogP contribution in [0.25, 0.3) is 0 Å². The smallest absolute Gasteiger partial charge is 0.165 e. The molecule has 0 amide bonds. The lowest BCUT2D eigenvalue weighted by molar-refractivity contribution is 0.317. The Morgan fingerprint density at radius 1 is 1.54 bits per heavy atom. The van der Waals surface area contributed by atoms with E-state index in [1.807, 2.05) is 19.9 Å². The molecule has 0 aliphatic heterocycles. The fraction of sp³-hybridized carbons (Fsp3) is 0.364. The van der Waals surface area contributed by atoms with E-state index in [1.54, 1.807) is 6.07 Å². The van der Waals surface area contributed by atoms with Crippen LogP contribution in [-0.2, 0) is 0 Å². The molecule has 0 aliphatic carbocycles. The summed E-state index contributed by atoms with van der Waals surface area (Å²) >= 11 is 0. The minimum Gasteiger partial charge on any atom is -0.491 e. The standard InChI is InChI=1S/C11H14FO/c1-4-13-11-9(8(2)3)6-5-7-10(11)12/h5-8H,2,4H2,1,3H3. The third kappa shape index (κ3) is 2.20. The summed E-state index contributed by atoms with van der Waals surface area (Å²) in [7, 11) is 0. The molecule has 71 valence electrons. The second kappa shape index (κ2) is 4.26. The molecule has 0 aromatic heterocycles. The van der Waals surface area contributed by atoms with Gasteiger partial charge in [-0.15, -0.1) is 0 Å².